The van der Waals surface area contributed by atoms with E-state index < -0.39 is 15.9 Å². The summed E-state index contributed by atoms with van der Waals surface area (Å²) in [4.78, 5) is 12.0. The van der Waals surface area contributed by atoms with Crippen molar-refractivity contribution in [2.75, 3.05) is 5.75 Å². The number of nitrogens with zero attached hydrogens (tertiary/aromatic N) is 1. The van der Waals surface area contributed by atoms with Gasteiger partial charge in [0, 0.05) is 5.56 Å². The van der Waals surface area contributed by atoms with Crippen LogP contribution < -0.4 is 0 Å². The number of unbranched alkanes of at least 4 members (excludes halogenated alkanes) is 1. The van der Waals surface area contributed by atoms with E-state index in [1.54, 1.807) is 18.2 Å². The van der Waals surface area contributed by atoms with Crippen LogP contribution in [0.15, 0.2) is 24.3 Å². The lowest BCUT2D eigenvalue weighted by Crippen LogP contribution is -2.33. The highest BCUT2D eigenvalue weighted by atomic mass is 32.2. The molecule has 1 heterocycles. The smallest absolute Gasteiger partial charge is 0.267 e. The van der Waals surface area contributed by atoms with Crippen LogP contribution in [-0.2, 0) is 16.6 Å². The molecule has 4 nitrogen and oxygen atoms in total. The predicted octanol–water partition coefficient (Wildman–Crippen LogP) is 1.77. The largest absolute Gasteiger partial charge is 0.268 e. The highest BCUT2D eigenvalue weighted by Crippen LogP contribution is 2.25. The van der Waals surface area contributed by atoms with E-state index in [-0.39, 0.29) is 12.3 Å². The zero-order valence-electron chi connectivity index (χ0n) is 9.72. The van der Waals surface area contributed by atoms with Gasteiger partial charge in [-0.05, 0) is 18.1 Å². The minimum Gasteiger partial charge on any atom is -0.268 e. The third-order valence-corrected chi connectivity index (χ3v) is 4.65. The van der Waals surface area contributed by atoms with Gasteiger partial charge in [0.1, 0.15) is 0 Å². The molecule has 92 valence electrons. The van der Waals surface area contributed by atoms with E-state index >= 15 is 0 Å². The number of sulfonamides is 1. The summed E-state index contributed by atoms with van der Waals surface area (Å²) in [7, 11) is -3.46. The van der Waals surface area contributed by atoms with Crippen molar-refractivity contribution in [3.63, 3.8) is 0 Å². The van der Waals surface area contributed by atoms with Gasteiger partial charge in [0.2, 0.25) is 10.0 Å². The lowest BCUT2D eigenvalue weighted by Gasteiger charge is -2.15. The molecule has 17 heavy (non-hydrogen) atoms. The van der Waals surface area contributed by atoms with Gasteiger partial charge in [0.25, 0.3) is 5.91 Å². The van der Waals surface area contributed by atoms with Gasteiger partial charge >= 0.3 is 0 Å². The SMILES string of the molecule is CCCCS(=O)(=O)N1Cc2ccccc2C1=O. The molecule has 0 atom stereocenters. The molecule has 0 radical (unpaired) electrons. The van der Waals surface area contributed by atoms with Crippen molar-refractivity contribution in [3.8, 4) is 0 Å². The Hall–Kier alpha value is -1.36. The minimum atomic E-state index is -3.46. The number of carbonyl (C=O) groups is 1. The molecule has 0 N–H and O–H groups in total. The van der Waals surface area contributed by atoms with Crippen LogP contribution in [0.2, 0.25) is 0 Å². The van der Waals surface area contributed by atoms with Gasteiger partial charge in [0.15, 0.2) is 0 Å². The Labute approximate surface area is 101 Å². The highest BCUT2D eigenvalue weighted by Gasteiger charge is 2.34. The van der Waals surface area contributed by atoms with E-state index in [4.69, 9.17) is 0 Å². The lowest BCUT2D eigenvalue weighted by molar-refractivity contribution is 0.0879. The number of carbonyl (C=O) groups excluding carboxylic acids is 1. The summed E-state index contributed by atoms with van der Waals surface area (Å²) in [6, 6.07) is 7.03. The maximum Gasteiger partial charge on any atom is 0.267 e. The van der Waals surface area contributed by atoms with Gasteiger partial charge in [-0.25, -0.2) is 12.7 Å². The summed E-state index contributed by atoms with van der Waals surface area (Å²) in [6.07, 6.45) is 1.39. The standard InChI is InChI=1S/C12H15NO3S/c1-2-3-8-17(15,16)13-9-10-6-4-5-7-11(10)12(13)14/h4-7H,2-3,8-9H2,1H3. The van der Waals surface area contributed by atoms with Gasteiger partial charge in [0.05, 0.1) is 12.3 Å². The van der Waals surface area contributed by atoms with Crippen LogP contribution in [0.25, 0.3) is 0 Å². The fraction of sp³-hybridized carbons (Fsp3) is 0.417. The number of hydrogen-bond donors (Lipinski definition) is 0. The summed E-state index contributed by atoms with van der Waals surface area (Å²) < 4.78 is 24.9. The molecule has 0 saturated heterocycles. The van der Waals surface area contributed by atoms with Gasteiger partial charge in [-0.3, -0.25) is 4.79 Å². The van der Waals surface area contributed by atoms with Crippen LogP contribution in [0, 0.1) is 0 Å². The molecular weight excluding hydrogens is 238 g/mol. The average Bonchev–Trinajstić information content (AvgIpc) is 2.66. The van der Waals surface area contributed by atoms with Crippen molar-refractivity contribution < 1.29 is 13.2 Å². The molecule has 1 aromatic rings. The Morgan fingerprint density at radius 1 is 1.29 bits per heavy atom. The molecule has 0 aliphatic carbocycles. The van der Waals surface area contributed by atoms with Crippen molar-refractivity contribution in [3.05, 3.63) is 35.4 Å². The Morgan fingerprint density at radius 2 is 2.00 bits per heavy atom. The van der Waals surface area contributed by atoms with Gasteiger partial charge in [-0.15, -0.1) is 0 Å². The van der Waals surface area contributed by atoms with Crippen molar-refractivity contribution in [2.45, 2.75) is 26.3 Å². The van der Waals surface area contributed by atoms with Gasteiger partial charge in [-0.2, -0.15) is 0 Å². The van der Waals surface area contributed by atoms with Crippen LogP contribution in [-0.4, -0.2) is 24.4 Å². The van der Waals surface area contributed by atoms with Crippen molar-refractivity contribution in [1.82, 2.24) is 4.31 Å². The van der Waals surface area contributed by atoms with Crippen LogP contribution in [0.1, 0.15) is 35.7 Å². The lowest BCUT2D eigenvalue weighted by atomic mass is 10.1. The summed E-state index contributed by atoms with van der Waals surface area (Å²) in [5.74, 6) is -0.347. The molecule has 0 spiro atoms. The Kier molecular flexibility index (Phi) is 3.19. The molecule has 2 rings (SSSR count). The first-order chi connectivity index (χ1) is 8.06. The summed E-state index contributed by atoms with van der Waals surface area (Å²) in [6.45, 7) is 2.11. The second kappa shape index (κ2) is 4.49. The fourth-order valence-corrected chi connectivity index (χ4v) is 3.45. The zero-order chi connectivity index (χ0) is 12.5. The predicted molar refractivity (Wildman–Crippen MR) is 65.0 cm³/mol. The number of hydrogen-bond acceptors (Lipinski definition) is 3. The summed E-state index contributed by atoms with van der Waals surface area (Å²) in [5.41, 5.74) is 1.30. The fourth-order valence-electron chi connectivity index (χ4n) is 1.89. The molecule has 1 aliphatic heterocycles. The second-order valence-electron chi connectivity index (χ2n) is 4.14. The van der Waals surface area contributed by atoms with Crippen molar-refractivity contribution >= 4 is 15.9 Å². The Balaban J connectivity index is 2.26. The summed E-state index contributed by atoms with van der Waals surface area (Å²) >= 11 is 0. The van der Waals surface area contributed by atoms with Crippen LogP contribution in [0.5, 0.6) is 0 Å². The van der Waals surface area contributed by atoms with E-state index in [0.717, 1.165) is 16.3 Å². The molecular formula is C12H15NO3S. The second-order valence-corrected chi connectivity index (χ2v) is 6.15. The normalized spacial score (nSPS) is 15.1. The van der Waals surface area contributed by atoms with E-state index in [0.29, 0.717) is 12.0 Å². The number of rotatable bonds is 4. The Bertz CT molecular complexity index is 536. The first kappa shape index (κ1) is 12.1. The number of fused-ring (bicyclic) bond motifs is 1. The molecule has 1 aromatic carbocycles. The third kappa shape index (κ3) is 2.20. The summed E-state index contributed by atoms with van der Waals surface area (Å²) in [5, 5.41) is 0. The molecule has 5 heteroatoms. The van der Waals surface area contributed by atoms with Crippen LogP contribution >= 0.6 is 0 Å². The molecule has 0 fully saturated rings. The number of benzene rings is 1. The third-order valence-electron chi connectivity index (χ3n) is 2.88. The first-order valence-corrected chi connectivity index (χ1v) is 7.30. The van der Waals surface area contributed by atoms with E-state index in [1.807, 2.05) is 13.0 Å². The highest BCUT2D eigenvalue weighted by molar-refractivity contribution is 7.89. The topological polar surface area (TPSA) is 54.5 Å². The molecule has 0 aromatic heterocycles. The van der Waals surface area contributed by atoms with Crippen LogP contribution in [0.3, 0.4) is 0 Å². The quantitative estimate of drug-likeness (QED) is 0.821. The molecule has 1 aliphatic rings. The average molecular weight is 253 g/mol. The van der Waals surface area contributed by atoms with E-state index in [1.165, 1.54) is 0 Å². The molecule has 1 amide bonds. The minimum absolute atomic E-state index is 0.0449. The van der Waals surface area contributed by atoms with Gasteiger partial charge < -0.3 is 0 Å². The Morgan fingerprint density at radius 3 is 2.65 bits per heavy atom. The van der Waals surface area contributed by atoms with E-state index in [2.05, 4.69) is 0 Å². The van der Waals surface area contributed by atoms with Crippen LogP contribution in [0.4, 0.5) is 0 Å². The maximum absolute atomic E-state index is 12.0. The number of amides is 1. The van der Waals surface area contributed by atoms with Gasteiger partial charge in [-0.1, -0.05) is 31.5 Å². The van der Waals surface area contributed by atoms with Crippen molar-refractivity contribution in [2.24, 2.45) is 0 Å². The first-order valence-electron chi connectivity index (χ1n) is 5.69. The van der Waals surface area contributed by atoms with E-state index in [9.17, 15) is 13.2 Å². The van der Waals surface area contributed by atoms with Crippen molar-refractivity contribution in [1.29, 1.82) is 0 Å². The molecule has 0 unspecified atom stereocenters. The monoisotopic (exact) mass is 253 g/mol. The molecule has 0 saturated carbocycles. The molecule has 0 bridgehead atoms. The maximum atomic E-state index is 12.0. The zero-order valence-corrected chi connectivity index (χ0v) is 10.5.